The van der Waals surface area contributed by atoms with Gasteiger partial charge >= 0.3 is 0 Å². The molecule has 1 aliphatic heterocycles. The van der Waals surface area contributed by atoms with Gasteiger partial charge in [0.1, 0.15) is 17.8 Å². The van der Waals surface area contributed by atoms with Gasteiger partial charge in [-0.3, -0.25) is 4.79 Å². The average Bonchev–Trinajstić information content (AvgIpc) is 3.16. The molecule has 3 heterocycles. The smallest absolute Gasteiger partial charge is 0.234 e. The lowest BCUT2D eigenvalue weighted by Gasteiger charge is -2.34. The predicted molar refractivity (Wildman–Crippen MR) is 102 cm³/mol. The zero-order valence-electron chi connectivity index (χ0n) is 15.2. The molecule has 2 aromatic heterocycles. The van der Waals surface area contributed by atoms with E-state index in [9.17, 15) is 4.79 Å². The minimum absolute atomic E-state index is 0.108. The fraction of sp³-hybridized carbons (Fsp3) is 0.632. The number of anilines is 1. The number of fused-ring (bicyclic) bond motifs is 1. The van der Waals surface area contributed by atoms with Crippen LogP contribution in [0.3, 0.4) is 0 Å². The predicted octanol–water partition coefficient (Wildman–Crippen LogP) is 1.97. The van der Waals surface area contributed by atoms with Crippen molar-refractivity contribution >= 4 is 22.8 Å². The second-order valence-electron chi connectivity index (χ2n) is 7.51. The molecule has 1 unspecified atom stereocenters. The number of aromatic amines is 1. The number of nitrogens with zero attached hydrogens (tertiary/aromatic N) is 3. The van der Waals surface area contributed by atoms with Gasteiger partial charge in [-0.25, -0.2) is 9.97 Å². The number of nitrogens with one attached hydrogen (secondary N) is 3. The molecule has 1 saturated carbocycles. The minimum atomic E-state index is 0.108. The Morgan fingerprint density at radius 1 is 1.15 bits per heavy atom. The van der Waals surface area contributed by atoms with E-state index in [0.717, 1.165) is 42.8 Å². The summed E-state index contributed by atoms with van der Waals surface area (Å²) in [4.78, 5) is 26.5. The monoisotopic (exact) mass is 356 g/mol. The number of amides is 1. The zero-order valence-corrected chi connectivity index (χ0v) is 15.2. The highest BCUT2D eigenvalue weighted by atomic mass is 16.2. The third-order valence-corrected chi connectivity index (χ3v) is 5.58. The molecule has 0 aromatic carbocycles. The number of hydrogen-bond acceptors (Lipinski definition) is 5. The maximum Gasteiger partial charge on any atom is 0.234 e. The van der Waals surface area contributed by atoms with E-state index in [1.54, 1.807) is 6.33 Å². The summed E-state index contributed by atoms with van der Waals surface area (Å²) in [6.07, 6.45) is 11.9. The minimum Gasteiger partial charge on any atom is -0.354 e. The number of carbonyl (C=O) groups is 1. The van der Waals surface area contributed by atoms with Crippen LogP contribution in [0.25, 0.3) is 11.0 Å². The molecule has 2 fully saturated rings. The van der Waals surface area contributed by atoms with Crippen molar-refractivity contribution in [1.82, 2.24) is 25.6 Å². The van der Waals surface area contributed by atoms with E-state index in [1.807, 2.05) is 12.3 Å². The Labute approximate surface area is 154 Å². The normalized spacial score (nSPS) is 21.8. The van der Waals surface area contributed by atoms with Gasteiger partial charge in [-0.1, -0.05) is 19.3 Å². The van der Waals surface area contributed by atoms with Gasteiger partial charge in [0.2, 0.25) is 5.91 Å². The van der Waals surface area contributed by atoms with Crippen LogP contribution >= 0.6 is 0 Å². The molecule has 0 radical (unpaired) electrons. The number of carbonyl (C=O) groups excluding carboxylic acids is 1. The summed E-state index contributed by atoms with van der Waals surface area (Å²) in [7, 11) is 0. The van der Waals surface area contributed by atoms with Gasteiger partial charge in [0.15, 0.2) is 0 Å². The van der Waals surface area contributed by atoms with Gasteiger partial charge in [0.05, 0.1) is 11.9 Å². The van der Waals surface area contributed by atoms with Crippen LogP contribution < -0.4 is 15.5 Å². The Morgan fingerprint density at radius 2 is 2.00 bits per heavy atom. The Hall–Kier alpha value is -2.15. The van der Waals surface area contributed by atoms with E-state index in [2.05, 4.69) is 30.5 Å². The number of H-pyrrole nitrogens is 1. The van der Waals surface area contributed by atoms with Crippen LogP contribution in [0.15, 0.2) is 18.6 Å². The van der Waals surface area contributed by atoms with E-state index < -0.39 is 0 Å². The average molecular weight is 356 g/mol. The molecule has 1 atom stereocenters. The summed E-state index contributed by atoms with van der Waals surface area (Å²) in [5.74, 6) is 1.06. The van der Waals surface area contributed by atoms with E-state index in [4.69, 9.17) is 0 Å². The number of rotatable bonds is 5. The lowest BCUT2D eigenvalue weighted by Crippen LogP contribution is -2.50. The van der Waals surface area contributed by atoms with Crippen LogP contribution in [-0.2, 0) is 4.79 Å². The third-order valence-electron chi connectivity index (χ3n) is 5.58. The first-order chi connectivity index (χ1) is 12.8. The van der Waals surface area contributed by atoms with E-state index in [1.165, 1.54) is 32.1 Å². The Bertz CT molecular complexity index is 738. The highest BCUT2D eigenvalue weighted by Gasteiger charge is 2.24. The summed E-state index contributed by atoms with van der Waals surface area (Å²) in [5, 5.41) is 7.67. The molecule has 140 valence electrons. The van der Waals surface area contributed by atoms with Gasteiger partial charge in [-0.15, -0.1) is 0 Å². The Morgan fingerprint density at radius 3 is 2.88 bits per heavy atom. The number of aromatic nitrogens is 3. The second kappa shape index (κ2) is 8.03. The SMILES string of the molecule is O=C(CNC1CCCCC1)NC1CCCN(c2ncnc3[nH]ccc23)C1. The molecule has 2 aromatic rings. The van der Waals surface area contributed by atoms with Gasteiger partial charge in [0.25, 0.3) is 0 Å². The number of hydrogen-bond donors (Lipinski definition) is 3. The first kappa shape index (κ1) is 17.3. The topological polar surface area (TPSA) is 85.9 Å². The molecule has 7 nitrogen and oxygen atoms in total. The molecule has 1 amide bonds. The maximum atomic E-state index is 12.3. The molecular formula is C19H28N6O. The van der Waals surface area contributed by atoms with Crippen LogP contribution in [0, 0.1) is 0 Å². The fourth-order valence-electron chi connectivity index (χ4n) is 4.22. The molecule has 26 heavy (non-hydrogen) atoms. The molecule has 1 aliphatic carbocycles. The van der Waals surface area contributed by atoms with Crippen molar-refractivity contribution in [3.63, 3.8) is 0 Å². The molecule has 1 saturated heterocycles. The summed E-state index contributed by atoms with van der Waals surface area (Å²) in [5.41, 5.74) is 0.859. The third kappa shape index (κ3) is 3.98. The summed E-state index contributed by atoms with van der Waals surface area (Å²) >= 11 is 0. The van der Waals surface area contributed by atoms with Crippen molar-refractivity contribution in [3.05, 3.63) is 18.6 Å². The molecule has 4 rings (SSSR count). The fourth-order valence-corrected chi connectivity index (χ4v) is 4.22. The van der Waals surface area contributed by atoms with Crippen molar-refractivity contribution in [2.45, 2.75) is 57.0 Å². The highest BCUT2D eigenvalue weighted by molar-refractivity contribution is 5.87. The van der Waals surface area contributed by atoms with Crippen molar-refractivity contribution in [1.29, 1.82) is 0 Å². The first-order valence-corrected chi connectivity index (χ1v) is 9.85. The second-order valence-corrected chi connectivity index (χ2v) is 7.51. The van der Waals surface area contributed by atoms with Gasteiger partial charge < -0.3 is 20.5 Å². The van der Waals surface area contributed by atoms with E-state index in [-0.39, 0.29) is 11.9 Å². The van der Waals surface area contributed by atoms with Gasteiger partial charge in [0, 0.05) is 31.4 Å². The van der Waals surface area contributed by atoms with Crippen LogP contribution in [0.4, 0.5) is 5.82 Å². The van der Waals surface area contributed by atoms with E-state index in [0.29, 0.717) is 12.6 Å². The number of piperidine rings is 1. The molecule has 7 heteroatoms. The summed E-state index contributed by atoms with van der Waals surface area (Å²) < 4.78 is 0. The largest absolute Gasteiger partial charge is 0.354 e. The van der Waals surface area contributed by atoms with Gasteiger partial charge in [-0.05, 0) is 31.7 Å². The Balaban J connectivity index is 1.32. The van der Waals surface area contributed by atoms with E-state index >= 15 is 0 Å². The summed E-state index contributed by atoms with van der Waals surface area (Å²) in [6, 6.07) is 2.70. The van der Waals surface area contributed by atoms with Crippen LogP contribution in [-0.4, -0.2) is 52.6 Å². The van der Waals surface area contributed by atoms with Crippen molar-refractivity contribution in [2.24, 2.45) is 0 Å². The van der Waals surface area contributed by atoms with Gasteiger partial charge in [-0.2, -0.15) is 0 Å². The lowest BCUT2D eigenvalue weighted by atomic mass is 9.95. The van der Waals surface area contributed by atoms with Crippen LogP contribution in [0.5, 0.6) is 0 Å². The Kier molecular flexibility index (Phi) is 5.34. The zero-order chi connectivity index (χ0) is 17.8. The van der Waals surface area contributed by atoms with Crippen molar-refractivity contribution in [2.75, 3.05) is 24.5 Å². The highest BCUT2D eigenvalue weighted by Crippen LogP contribution is 2.25. The van der Waals surface area contributed by atoms with Crippen LogP contribution in [0.1, 0.15) is 44.9 Å². The molecule has 2 aliphatic rings. The molecule has 0 spiro atoms. The summed E-state index contributed by atoms with van der Waals surface area (Å²) in [6.45, 7) is 2.19. The molecular weight excluding hydrogens is 328 g/mol. The molecule has 0 bridgehead atoms. The first-order valence-electron chi connectivity index (χ1n) is 9.85. The quantitative estimate of drug-likeness (QED) is 0.762. The lowest BCUT2D eigenvalue weighted by molar-refractivity contribution is -0.121. The van der Waals surface area contributed by atoms with Crippen molar-refractivity contribution < 1.29 is 4.79 Å². The molecule has 3 N–H and O–H groups in total. The van der Waals surface area contributed by atoms with Crippen LogP contribution in [0.2, 0.25) is 0 Å². The van der Waals surface area contributed by atoms with Crippen molar-refractivity contribution in [3.8, 4) is 0 Å². The standard InChI is InChI=1S/C19H28N6O/c26-17(11-21-14-5-2-1-3-6-14)24-15-7-4-10-25(12-15)19-16-8-9-20-18(16)22-13-23-19/h8-9,13-15,21H,1-7,10-12H2,(H,24,26)(H,20,22,23). The maximum absolute atomic E-state index is 12.3.